The molecular weight excluding hydrogens is 417 g/mol. The molecule has 0 N–H and O–H groups in total. The van der Waals surface area contributed by atoms with Gasteiger partial charge in [0.05, 0.1) is 23.0 Å². The largest absolute Gasteiger partial charge is 0.353 e. The van der Waals surface area contributed by atoms with Gasteiger partial charge in [0.1, 0.15) is 0 Å². The lowest BCUT2D eigenvalue weighted by Crippen LogP contribution is -2.31. The Morgan fingerprint density at radius 3 is 2.61 bits per heavy atom. The van der Waals surface area contributed by atoms with Crippen LogP contribution in [0.1, 0.15) is 15.9 Å². The molecule has 1 amide bonds. The number of aliphatic imine (C=N–C) groups is 1. The maximum Gasteiger partial charge on any atom is 0.237 e. The number of amidine groups is 1. The number of benzene rings is 2. The van der Waals surface area contributed by atoms with Crippen molar-refractivity contribution in [3.05, 3.63) is 63.6 Å². The van der Waals surface area contributed by atoms with Crippen LogP contribution in [0.2, 0.25) is 10.0 Å². The summed E-state index contributed by atoms with van der Waals surface area (Å²) < 4.78 is 0. The number of amides is 1. The summed E-state index contributed by atoms with van der Waals surface area (Å²) in [6.07, 6.45) is 0. The molecule has 1 aliphatic rings. The molecular formula is C20H19Cl2N3O2S. The zero-order valence-electron chi connectivity index (χ0n) is 15.5. The molecule has 3 rings (SSSR count). The van der Waals surface area contributed by atoms with Gasteiger partial charge in [-0.15, -0.1) is 0 Å². The molecule has 0 aliphatic carbocycles. The van der Waals surface area contributed by atoms with Crippen molar-refractivity contribution in [2.24, 2.45) is 4.99 Å². The van der Waals surface area contributed by atoms with E-state index in [4.69, 9.17) is 23.2 Å². The monoisotopic (exact) mass is 435 g/mol. The van der Waals surface area contributed by atoms with Crippen molar-refractivity contribution in [2.75, 3.05) is 37.8 Å². The zero-order valence-corrected chi connectivity index (χ0v) is 17.8. The van der Waals surface area contributed by atoms with E-state index in [1.165, 1.54) is 16.7 Å². The predicted molar refractivity (Wildman–Crippen MR) is 117 cm³/mol. The Hall–Kier alpha value is -2.02. The Kier molecular flexibility index (Phi) is 6.65. The Morgan fingerprint density at radius 1 is 1.18 bits per heavy atom. The number of hydrogen-bond donors (Lipinski definition) is 0. The van der Waals surface area contributed by atoms with E-state index in [9.17, 15) is 9.59 Å². The number of carbonyl (C=O) groups excluding carboxylic acids is 2. The van der Waals surface area contributed by atoms with Crippen molar-refractivity contribution >= 4 is 57.5 Å². The number of hydrogen-bond acceptors (Lipinski definition) is 5. The smallest absolute Gasteiger partial charge is 0.237 e. The van der Waals surface area contributed by atoms with Gasteiger partial charge in [-0.2, -0.15) is 0 Å². The average molecular weight is 436 g/mol. The van der Waals surface area contributed by atoms with Crippen molar-refractivity contribution in [3.63, 3.8) is 0 Å². The van der Waals surface area contributed by atoms with E-state index in [1.54, 1.807) is 49.5 Å². The first-order valence-corrected chi connectivity index (χ1v) is 10.4. The van der Waals surface area contributed by atoms with Crippen LogP contribution in [0.4, 0.5) is 5.69 Å². The lowest BCUT2D eigenvalue weighted by molar-refractivity contribution is -0.115. The van der Waals surface area contributed by atoms with Crippen LogP contribution in [0.3, 0.4) is 0 Å². The second-order valence-electron chi connectivity index (χ2n) is 6.30. The fourth-order valence-electron chi connectivity index (χ4n) is 2.80. The second-order valence-corrected chi connectivity index (χ2v) is 8.08. The Balaban J connectivity index is 1.84. The number of ketones is 1. The molecule has 1 aliphatic heterocycles. The number of likely N-dealkylation sites (N-methyl/N-ethyl adjacent to an activating group) is 1. The van der Waals surface area contributed by atoms with E-state index < -0.39 is 0 Å². The molecule has 5 nitrogen and oxygen atoms in total. The molecule has 0 bridgehead atoms. The minimum atomic E-state index is -0.282. The summed E-state index contributed by atoms with van der Waals surface area (Å²) in [5, 5.41) is 1.62. The minimum Gasteiger partial charge on any atom is -0.353 e. The Morgan fingerprint density at radius 2 is 1.93 bits per heavy atom. The summed E-state index contributed by atoms with van der Waals surface area (Å²) in [5.74, 6) is -0.194. The highest BCUT2D eigenvalue weighted by Gasteiger charge is 2.23. The predicted octanol–water partition coefficient (Wildman–Crippen LogP) is 4.22. The highest BCUT2D eigenvalue weighted by atomic mass is 35.5. The molecule has 2 aromatic carbocycles. The van der Waals surface area contributed by atoms with Gasteiger partial charge in [0.15, 0.2) is 11.0 Å². The van der Waals surface area contributed by atoms with Crippen molar-refractivity contribution in [1.29, 1.82) is 0 Å². The first-order chi connectivity index (χ1) is 13.4. The fraction of sp³-hybridized carbons (Fsp3) is 0.250. The molecule has 8 heteroatoms. The Labute approximate surface area is 178 Å². The molecule has 0 atom stereocenters. The summed E-state index contributed by atoms with van der Waals surface area (Å²) in [4.78, 5) is 33.7. The van der Waals surface area contributed by atoms with Gasteiger partial charge in [-0.25, -0.2) is 0 Å². The second kappa shape index (κ2) is 8.99. The minimum absolute atomic E-state index is 0.136. The third-order valence-electron chi connectivity index (χ3n) is 4.39. The molecule has 0 unspecified atom stereocenters. The van der Waals surface area contributed by atoms with Crippen molar-refractivity contribution in [2.45, 2.75) is 0 Å². The van der Waals surface area contributed by atoms with Crippen LogP contribution in [0.15, 0.2) is 47.5 Å². The SMILES string of the molecule is CN1CCN=C1SCC(=O)N(C)c1ccc(Cl)cc1C(=O)c1ccccc1Cl. The van der Waals surface area contributed by atoms with E-state index >= 15 is 0 Å². The molecule has 0 spiro atoms. The van der Waals surface area contributed by atoms with Crippen LogP contribution in [0.25, 0.3) is 0 Å². The highest BCUT2D eigenvalue weighted by molar-refractivity contribution is 8.14. The van der Waals surface area contributed by atoms with E-state index in [2.05, 4.69) is 4.99 Å². The highest BCUT2D eigenvalue weighted by Crippen LogP contribution is 2.29. The topological polar surface area (TPSA) is 53.0 Å². The Bertz CT molecular complexity index is 949. The first-order valence-electron chi connectivity index (χ1n) is 8.62. The number of anilines is 1. The van der Waals surface area contributed by atoms with Crippen LogP contribution >= 0.6 is 35.0 Å². The summed E-state index contributed by atoms with van der Waals surface area (Å²) in [5.41, 5.74) is 1.18. The number of halogens is 2. The molecule has 0 fully saturated rings. The summed E-state index contributed by atoms with van der Waals surface area (Å²) >= 11 is 13.7. The van der Waals surface area contributed by atoms with Gasteiger partial charge in [0.25, 0.3) is 0 Å². The number of rotatable bonds is 5. The van der Waals surface area contributed by atoms with Gasteiger partial charge in [-0.1, -0.05) is 47.1 Å². The van der Waals surface area contributed by atoms with Crippen LogP contribution in [-0.2, 0) is 4.79 Å². The zero-order chi connectivity index (χ0) is 20.3. The van der Waals surface area contributed by atoms with Gasteiger partial charge in [0.2, 0.25) is 5.91 Å². The van der Waals surface area contributed by atoms with Crippen LogP contribution in [0, 0.1) is 0 Å². The lowest BCUT2D eigenvalue weighted by Gasteiger charge is -2.21. The van der Waals surface area contributed by atoms with E-state index in [-0.39, 0.29) is 17.4 Å². The molecule has 2 aromatic rings. The molecule has 0 aromatic heterocycles. The van der Waals surface area contributed by atoms with Crippen LogP contribution in [-0.4, -0.2) is 54.7 Å². The first kappa shape index (κ1) is 20.7. The van der Waals surface area contributed by atoms with Gasteiger partial charge < -0.3 is 9.80 Å². The van der Waals surface area contributed by atoms with Gasteiger partial charge >= 0.3 is 0 Å². The molecule has 28 heavy (non-hydrogen) atoms. The van der Waals surface area contributed by atoms with E-state index in [1.807, 2.05) is 11.9 Å². The molecule has 0 radical (unpaired) electrons. The van der Waals surface area contributed by atoms with E-state index in [0.717, 1.165) is 18.3 Å². The average Bonchev–Trinajstić information content (AvgIpc) is 3.10. The molecule has 0 saturated carbocycles. The summed E-state index contributed by atoms with van der Waals surface area (Å²) in [6, 6.07) is 11.7. The number of nitrogens with zero attached hydrogens (tertiary/aromatic N) is 3. The third kappa shape index (κ3) is 4.51. The fourth-order valence-corrected chi connectivity index (χ4v) is 4.13. The van der Waals surface area contributed by atoms with Gasteiger partial charge in [-0.05, 0) is 30.3 Å². The standard InChI is InChI=1S/C20H19Cl2N3O2S/c1-24-10-9-23-20(24)28-12-18(26)25(2)17-8-7-13(21)11-15(17)19(27)14-5-3-4-6-16(14)22/h3-8,11H,9-10,12H2,1-2H3. The van der Waals surface area contributed by atoms with Crippen molar-refractivity contribution in [3.8, 4) is 0 Å². The van der Waals surface area contributed by atoms with Crippen molar-refractivity contribution in [1.82, 2.24) is 4.90 Å². The maximum absolute atomic E-state index is 13.1. The third-order valence-corrected chi connectivity index (χ3v) is 6.05. The maximum atomic E-state index is 13.1. The van der Waals surface area contributed by atoms with E-state index in [0.29, 0.717) is 26.9 Å². The molecule has 146 valence electrons. The van der Waals surface area contributed by atoms with Crippen LogP contribution in [0.5, 0.6) is 0 Å². The lowest BCUT2D eigenvalue weighted by atomic mass is 10.0. The molecule has 1 heterocycles. The van der Waals surface area contributed by atoms with Crippen LogP contribution < -0.4 is 4.90 Å². The normalized spacial score (nSPS) is 13.4. The number of carbonyl (C=O) groups is 2. The summed E-state index contributed by atoms with van der Waals surface area (Å²) in [7, 11) is 3.60. The van der Waals surface area contributed by atoms with Gasteiger partial charge in [-0.3, -0.25) is 14.6 Å². The van der Waals surface area contributed by atoms with Crippen molar-refractivity contribution < 1.29 is 9.59 Å². The molecule has 0 saturated heterocycles. The quantitative estimate of drug-likeness (QED) is 0.659. The van der Waals surface area contributed by atoms with Gasteiger partial charge in [0, 0.05) is 36.8 Å². The summed E-state index contributed by atoms with van der Waals surface area (Å²) in [6.45, 7) is 1.61. The number of thioether (sulfide) groups is 1.